The molecule has 3 nitrogen and oxygen atoms in total. The fraction of sp³-hybridized carbons (Fsp3) is 0.0952. The van der Waals surface area contributed by atoms with Gasteiger partial charge in [-0.15, -0.1) is 0 Å². The SMILES string of the molecule is O=C(Nc1ccc(-c2ccccc2)cc1)N1Cc2ccccc2C1. The van der Waals surface area contributed by atoms with E-state index in [4.69, 9.17) is 0 Å². The van der Waals surface area contributed by atoms with Crippen LogP contribution in [0.5, 0.6) is 0 Å². The first kappa shape index (κ1) is 14.5. The average Bonchev–Trinajstić information content (AvgIpc) is 3.07. The van der Waals surface area contributed by atoms with Crippen molar-refractivity contribution in [3.63, 3.8) is 0 Å². The molecule has 1 heterocycles. The number of benzene rings is 3. The summed E-state index contributed by atoms with van der Waals surface area (Å²) >= 11 is 0. The molecule has 0 bridgehead atoms. The predicted octanol–water partition coefficient (Wildman–Crippen LogP) is 4.90. The summed E-state index contributed by atoms with van der Waals surface area (Å²) in [5, 5.41) is 2.98. The van der Waals surface area contributed by atoms with Crippen molar-refractivity contribution in [2.24, 2.45) is 0 Å². The van der Waals surface area contributed by atoms with Gasteiger partial charge < -0.3 is 10.2 Å². The van der Waals surface area contributed by atoms with Gasteiger partial charge in [0.15, 0.2) is 0 Å². The maximum Gasteiger partial charge on any atom is 0.322 e. The van der Waals surface area contributed by atoms with E-state index in [1.807, 2.05) is 59.5 Å². The number of carbonyl (C=O) groups is 1. The van der Waals surface area contributed by atoms with Crippen molar-refractivity contribution in [3.8, 4) is 11.1 Å². The number of urea groups is 1. The lowest BCUT2D eigenvalue weighted by atomic mass is 10.1. The summed E-state index contributed by atoms with van der Waals surface area (Å²) in [6.07, 6.45) is 0. The van der Waals surface area contributed by atoms with E-state index < -0.39 is 0 Å². The summed E-state index contributed by atoms with van der Waals surface area (Å²) in [4.78, 5) is 14.3. The van der Waals surface area contributed by atoms with Gasteiger partial charge in [-0.25, -0.2) is 4.79 Å². The van der Waals surface area contributed by atoms with E-state index in [1.165, 1.54) is 16.7 Å². The van der Waals surface area contributed by atoms with Crippen molar-refractivity contribution in [1.29, 1.82) is 0 Å². The lowest BCUT2D eigenvalue weighted by Gasteiger charge is -2.16. The van der Waals surface area contributed by atoms with Crippen LogP contribution in [0.2, 0.25) is 0 Å². The van der Waals surface area contributed by atoms with Gasteiger partial charge in [0.25, 0.3) is 0 Å². The predicted molar refractivity (Wildman–Crippen MR) is 96.6 cm³/mol. The molecular formula is C21H18N2O. The monoisotopic (exact) mass is 314 g/mol. The number of carbonyl (C=O) groups excluding carboxylic acids is 1. The summed E-state index contributed by atoms with van der Waals surface area (Å²) in [5.41, 5.74) is 5.59. The highest BCUT2D eigenvalue weighted by molar-refractivity contribution is 5.90. The molecule has 3 heteroatoms. The first-order valence-corrected chi connectivity index (χ1v) is 8.08. The normalized spacial score (nSPS) is 12.8. The number of hydrogen-bond donors (Lipinski definition) is 1. The Morgan fingerprint density at radius 2 is 1.25 bits per heavy atom. The van der Waals surface area contributed by atoms with Crippen LogP contribution in [-0.2, 0) is 13.1 Å². The molecule has 0 atom stereocenters. The Morgan fingerprint density at radius 3 is 1.88 bits per heavy atom. The van der Waals surface area contributed by atoms with E-state index in [2.05, 4.69) is 29.6 Å². The van der Waals surface area contributed by atoms with Crippen LogP contribution in [0.25, 0.3) is 11.1 Å². The molecule has 3 aromatic rings. The van der Waals surface area contributed by atoms with Crippen LogP contribution >= 0.6 is 0 Å². The molecule has 0 aliphatic carbocycles. The van der Waals surface area contributed by atoms with Gasteiger partial charge in [0.1, 0.15) is 0 Å². The van der Waals surface area contributed by atoms with Gasteiger partial charge in [-0.3, -0.25) is 0 Å². The van der Waals surface area contributed by atoms with Crippen molar-refractivity contribution in [3.05, 3.63) is 90.0 Å². The van der Waals surface area contributed by atoms with Crippen LogP contribution in [0.4, 0.5) is 10.5 Å². The molecule has 4 rings (SSSR count). The number of anilines is 1. The van der Waals surface area contributed by atoms with E-state index in [0.717, 1.165) is 11.3 Å². The standard InChI is InChI=1S/C21H18N2O/c24-21(23-14-18-8-4-5-9-19(18)15-23)22-20-12-10-17(11-13-20)16-6-2-1-3-7-16/h1-13H,14-15H2,(H,22,24). The molecule has 0 spiro atoms. The van der Waals surface area contributed by atoms with Crippen LogP contribution in [0.15, 0.2) is 78.9 Å². The third-order valence-electron chi connectivity index (χ3n) is 4.37. The van der Waals surface area contributed by atoms with Gasteiger partial charge >= 0.3 is 6.03 Å². The highest BCUT2D eigenvalue weighted by Crippen LogP contribution is 2.24. The highest BCUT2D eigenvalue weighted by atomic mass is 16.2. The average molecular weight is 314 g/mol. The third kappa shape index (κ3) is 2.88. The van der Waals surface area contributed by atoms with E-state index >= 15 is 0 Å². The largest absolute Gasteiger partial charge is 0.322 e. The maximum absolute atomic E-state index is 12.5. The highest BCUT2D eigenvalue weighted by Gasteiger charge is 2.22. The number of amides is 2. The van der Waals surface area contributed by atoms with E-state index in [1.54, 1.807) is 0 Å². The third-order valence-corrected chi connectivity index (χ3v) is 4.37. The van der Waals surface area contributed by atoms with E-state index in [0.29, 0.717) is 13.1 Å². The molecule has 0 radical (unpaired) electrons. The Balaban J connectivity index is 1.44. The molecule has 0 aromatic heterocycles. The summed E-state index contributed by atoms with van der Waals surface area (Å²) in [7, 11) is 0. The van der Waals surface area contributed by atoms with Crippen LogP contribution in [-0.4, -0.2) is 10.9 Å². The summed E-state index contributed by atoms with van der Waals surface area (Å²) in [6.45, 7) is 1.34. The molecule has 24 heavy (non-hydrogen) atoms. The van der Waals surface area contributed by atoms with Crippen molar-refractivity contribution < 1.29 is 4.79 Å². The van der Waals surface area contributed by atoms with Gasteiger partial charge in [0, 0.05) is 18.8 Å². The first-order valence-electron chi connectivity index (χ1n) is 8.08. The van der Waals surface area contributed by atoms with Crippen LogP contribution in [0.3, 0.4) is 0 Å². The van der Waals surface area contributed by atoms with Crippen LogP contribution < -0.4 is 5.32 Å². The van der Waals surface area contributed by atoms with E-state index in [9.17, 15) is 4.79 Å². The fourth-order valence-electron chi connectivity index (χ4n) is 3.06. The minimum Gasteiger partial charge on any atom is -0.316 e. The summed E-state index contributed by atoms with van der Waals surface area (Å²) < 4.78 is 0. The Bertz CT molecular complexity index is 832. The molecule has 0 fully saturated rings. The van der Waals surface area contributed by atoms with Crippen molar-refractivity contribution in [1.82, 2.24) is 4.90 Å². The molecule has 1 aliphatic heterocycles. The van der Waals surface area contributed by atoms with Crippen LogP contribution in [0.1, 0.15) is 11.1 Å². The van der Waals surface area contributed by atoms with E-state index in [-0.39, 0.29) is 6.03 Å². The van der Waals surface area contributed by atoms with Gasteiger partial charge in [-0.1, -0.05) is 66.7 Å². The number of fused-ring (bicyclic) bond motifs is 1. The Labute approximate surface area is 141 Å². The van der Waals surface area contributed by atoms with Gasteiger partial charge in [0.2, 0.25) is 0 Å². The molecule has 3 aromatic carbocycles. The molecule has 0 saturated heterocycles. The minimum atomic E-state index is -0.0568. The number of hydrogen-bond acceptors (Lipinski definition) is 1. The number of nitrogens with zero attached hydrogens (tertiary/aromatic N) is 1. The summed E-state index contributed by atoms with van der Waals surface area (Å²) in [6, 6.07) is 26.3. The molecular weight excluding hydrogens is 296 g/mol. The molecule has 0 saturated carbocycles. The number of rotatable bonds is 2. The maximum atomic E-state index is 12.5. The lowest BCUT2D eigenvalue weighted by Crippen LogP contribution is -2.30. The minimum absolute atomic E-state index is 0.0568. The zero-order valence-electron chi connectivity index (χ0n) is 13.3. The zero-order valence-corrected chi connectivity index (χ0v) is 13.3. The van der Waals surface area contributed by atoms with Gasteiger partial charge in [0.05, 0.1) is 0 Å². The smallest absolute Gasteiger partial charge is 0.316 e. The second kappa shape index (κ2) is 6.20. The quantitative estimate of drug-likeness (QED) is 0.717. The van der Waals surface area contributed by atoms with Crippen molar-refractivity contribution >= 4 is 11.7 Å². The molecule has 0 unspecified atom stereocenters. The fourth-order valence-corrected chi connectivity index (χ4v) is 3.06. The first-order chi connectivity index (χ1) is 11.8. The Hall–Kier alpha value is -3.07. The van der Waals surface area contributed by atoms with Gasteiger partial charge in [-0.2, -0.15) is 0 Å². The topological polar surface area (TPSA) is 32.3 Å². The Morgan fingerprint density at radius 1 is 0.708 bits per heavy atom. The molecule has 118 valence electrons. The second-order valence-corrected chi connectivity index (χ2v) is 6.00. The zero-order chi connectivity index (χ0) is 16.4. The van der Waals surface area contributed by atoms with Crippen molar-refractivity contribution in [2.45, 2.75) is 13.1 Å². The van der Waals surface area contributed by atoms with Gasteiger partial charge in [-0.05, 0) is 34.4 Å². The van der Waals surface area contributed by atoms with Crippen molar-refractivity contribution in [2.75, 3.05) is 5.32 Å². The van der Waals surface area contributed by atoms with Crippen LogP contribution in [0, 0.1) is 0 Å². The lowest BCUT2D eigenvalue weighted by molar-refractivity contribution is 0.212. The second-order valence-electron chi connectivity index (χ2n) is 6.00. The Kier molecular flexibility index (Phi) is 3.75. The molecule has 1 aliphatic rings. The number of nitrogens with one attached hydrogen (secondary N) is 1. The molecule has 1 N–H and O–H groups in total. The molecule has 2 amide bonds. The summed E-state index contributed by atoms with van der Waals surface area (Å²) in [5.74, 6) is 0.